The van der Waals surface area contributed by atoms with Crippen molar-refractivity contribution >= 4 is 22.4 Å². The van der Waals surface area contributed by atoms with Crippen molar-refractivity contribution in [3.63, 3.8) is 0 Å². The second-order valence-electron chi connectivity index (χ2n) is 4.49. The molecule has 0 atom stereocenters. The Morgan fingerprint density at radius 1 is 1.33 bits per heavy atom. The lowest BCUT2D eigenvalue weighted by atomic mass is 10.2. The molecule has 0 aromatic carbocycles. The number of carbonyl (C=O) groups is 1. The number of anilines is 1. The highest BCUT2D eigenvalue weighted by Crippen LogP contribution is 2.17. The SMILES string of the molecule is CCOCCc1nnc(NC(=O)c2ccc(C)nc2C)s1. The average molecular weight is 306 g/mol. The average Bonchev–Trinajstić information content (AvgIpc) is 2.86. The first-order valence-corrected chi connectivity index (χ1v) is 7.57. The van der Waals surface area contributed by atoms with E-state index in [1.165, 1.54) is 11.3 Å². The molecule has 0 saturated carbocycles. The lowest BCUT2D eigenvalue weighted by molar-refractivity contribution is 0.102. The monoisotopic (exact) mass is 306 g/mol. The van der Waals surface area contributed by atoms with Crippen molar-refractivity contribution in [1.82, 2.24) is 15.2 Å². The molecule has 0 fully saturated rings. The molecule has 0 spiro atoms. The van der Waals surface area contributed by atoms with E-state index < -0.39 is 0 Å². The summed E-state index contributed by atoms with van der Waals surface area (Å²) in [7, 11) is 0. The molecule has 2 aromatic rings. The van der Waals surface area contributed by atoms with Gasteiger partial charge in [-0.3, -0.25) is 15.1 Å². The Hall–Kier alpha value is -1.86. The van der Waals surface area contributed by atoms with Gasteiger partial charge < -0.3 is 4.74 Å². The predicted molar refractivity (Wildman–Crippen MR) is 81.8 cm³/mol. The number of nitrogens with zero attached hydrogens (tertiary/aromatic N) is 3. The van der Waals surface area contributed by atoms with Crippen molar-refractivity contribution in [2.45, 2.75) is 27.2 Å². The molecule has 1 N–H and O–H groups in total. The summed E-state index contributed by atoms with van der Waals surface area (Å²) in [5.41, 5.74) is 2.14. The van der Waals surface area contributed by atoms with Crippen LogP contribution in [0.3, 0.4) is 0 Å². The molecular formula is C14H18N4O2S. The first-order chi connectivity index (χ1) is 10.1. The van der Waals surface area contributed by atoms with Gasteiger partial charge in [-0.2, -0.15) is 0 Å². The van der Waals surface area contributed by atoms with E-state index in [2.05, 4.69) is 20.5 Å². The molecule has 6 nitrogen and oxygen atoms in total. The zero-order chi connectivity index (χ0) is 15.2. The lowest BCUT2D eigenvalue weighted by Crippen LogP contribution is -2.14. The number of pyridine rings is 1. The van der Waals surface area contributed by atoms with Crippen molar-refractivity contribution < 1.29 is 9.53 Å². The molecule has 7 heteroatoms. The zero-order valence-electron chi connectivity index (χ0n) is 12.3. The summed E-state index contributed by atoms with van der Waals surface area (Å²) in [6.07, 6.45) is 0.701. The molecule has 0 saturated heterocycles. The molecule has 0 bridgehead atoms. The van der Waals surface area contributed by atoms with Crippen LogP contribution in [0.2, 0.25) is 0 Å². The van der Waals surface area contributed by atoms with Gasteiger partial charge in [0.15, 0.2) is 0 Å². The van der Waals surface area contributed by atoms with Crippen LogP contribution in [0.4, 0.5) is 5.13 Å². The van der Waals surface area contributed by atoms with Gasteiger partial charge in [0.05, 0.1) is 17.9 Å². The number of carbonyl (C=O) groups excluding carboxylic acids is 1. The first-order valence-electron chi connectivity index (χ1n) is 6.76. The summed E-state index contributed by atoms with van der Waals surface area (Å²) in [5, 5.41) is 12.1. The highest BCUT2D eigenvalue weighted by Gasteiger charge is 2.13. The maximum Gasteiger partial charge on any atom is 0.259 e. The van der Waals surface area contributed by atoms with Crippen LogP contribution in [0.5, 0.6) is 0 Å². The third kappa shape index (κ3) is 4.30. The predicted octanol–water partition coefficient (Wildman–Crippen LogP) is 2.38. The third-order valence-electron chi connectivity index (χ3n) is 2.82. The smallest absolute Gasteiger partial charge is 0.259 e. The normalized spacial score (nSPS) is 10.6. The summed E-state index contributed by atoms with van der Waals surface area (Å²) < 4.78 is 5.27. The van der Waals surface area contributed by atoms with Gasteiger partial charge in [-0.15, -0.1) is 10.2 Å². The van der Waals surface area contributed by atoms with Crippen LogP contribution in [0, 0.1) is 13.8 Å². The van der Waals surface area contributed by atoms with Gasteiger partial charge in [-0.25, -0.2) is 0 Å². The van der Waals surface area contributed by atoms with Crippen molar-refractivity contribution in [3.05, 3.63) is 34.1 Å². The second-order valence-corrected chi connectivity index (χ2v) is 5.55. The summed E-state index contributed by atoms with van der Waals surface area (Å²) in [5.74, 6) is -0.215. The summed E-state index contributed by atoms with van der Waals surface area (Å²) >= 11 is 1.36. The molecule has 0 aliphatic carbocycles. The van der Waals surface area contributed by atoms with E-state index in [4.69, 9.17) is 4.74 Å². The van der Waals surface area contributed by atoms with Crippen LogP contribution in [-0.2, 0) is 11.2 Å². The number of amides is 1. The van der Waals surface area contributed by atoms with E-state index in [0.717, 1.165) is 10.7 Å². The molecule has 2 aromatic heterocycles. The minimum absolute atomic E-state index is 0.215. The van der Waals surface area contributed by atoms with Crippen LogP contribution in [0.25, 0.3) is 0 Å². The van der Waals surface area contributed by atoms with Crippen LogP contribution >= 0.6 is 11.3 Å². The lowest BCUT2D eigenvalue weighted by Gasteiger charge is -2.04. The largest absolute Gasteiger partial charge is 0.381 e. The van der Waals surface area contributed by atoms with Crippen LogP contribution in [0.15, 0.2) is 12.1 Å². The zero-order valence-corrected chi connectivity index (χ0v) is 13.2. The summed E-state index contributed by atoms with van der Waals surface area (Å²) in [6.45, 7) is 6.95. The van der Waals surface area contributed by atoms with Crippen LogP contribution < -0.4 is 5.32 Å². The molecule has 2 rings (SSSR count). The summed E-state index contributed by atoms with van der Waals surface area (Å²) in [4.78, 5) is 16.5. The van der Waals surface area contributed by atoms with E-state index in [-0.39, 0.29) is 5.91 Å². The molecule has 0 radical (unpaired) electrons. The summed E-state index contributed by atoms with van der Waals surface area (Å²) in [6, 6.07) is 3.58. The van der Waals surface area contributed by atoms with Crippen molar-refractivity contribution in [2.24, 2.45) is 0 Å². The fourth-order valence-electron chi connectivity index (χ4n) is 1.80. The van der Waals surface area contributed by atoms with E-state index in [0.29, 0.717) is 36.0 Å². The van der Waals surface area contributed by atoms with E-state index >= 15 is 0 Å². The van der Waals surface area contributed by atoms with E-state index in [9.17, 15) is 4.79 Å². The Bertz CT molecular complexity index is 627. The fraction of sp³-hybridized carbons (Fsp3) is 0.429. The number of ether oxygens (including phenoxy) is 1. The Labute approximate surface area is 127 Å². The number of aromatic nitrogens is 3. The third-order valence-corrected chi connectivity index (χ3v) is 3.72. The van der Waals surface area contributed by atoms with Gasteiger partial charge in [-0.1, -0.05) is 11.3 Å². The fourth-order valence-corrected chi connectivity index (χ4v) is 2.52. The Morgan fingerprint density at radius 3 is 2.86 bits per heavy atom. The molecule has 0 aliphatic heterocycles. The number of nitrogens with one attached hydrogen (secondary N) is 1. The highest BCUT2D eigenvalue weighted by atomic mass is 32.1. The van der Waals surface area contributed by atoms with Crippen molar-refractivity contribution in [2.75, 3.05) is 18.5 Å². The number of aryl methyl sites for hydroxylation is 2. The maximum atomic E-state index is 12.2. The van der Waals surface area contributed by atoms with Crippen molar-refractivity contribution in [1.29, 1.82) is 0 Å². The number of hydrogen-bond acceptors (Lipinski definition) is 6. The highest BCUT2D eigenvalue weighted by molar-refractivity contribution is 7.15. The molecule has 0 aliphatic rings. The molecule has 1 amide bonds. The molecule has 21 heavy (non-hydrogen) atoms. The Kier molecular flexibility index (Phi) is 5.35. The van der Waals surface area contributed by atoms with Gasteiger partial charge in [0.25, 0.3) is 5.91 Å². The van der Waals surface area contributed by atoms with Crippen molar-refractivity contribution in [3.8, 4) is 0 Å². The van der Waals surface area contributed by atoms with E-state index in [1.54, 1.807) is 6.07 Å². The van der Waals surface area contributed by atoms with Gasteiger partial charge in [0.2, 0.25) is 5.13 Å². The first kappa shape index (κ1) is 15.5. The van der Waals surface area contributed by atoms with Gasteiger partial charge in [-0.05, 0) is 32.9 Å². The quantitative estimate of drug-likeness (QED) is 0.829. The molecule has 112 valence electrons. The van der Waals surface area contributed by atoms with E-state index in [1.807, 2.05) is 26.8 Å². The van der Waals surface area contributed by atoms with Gasteiger partial charge in [0, 0.05) is 18.7 Å². The number of hydrogen-bond donors (Lipinski definition) is 1. The Morgan fingerprint density at radius 2 is 2.14 bits per heavy atom. The molecular weight excluding hydrogens is 288 g/mol. The molecule has 0 unspecified atom stereocenters. The molecule has 2 heterocycles. The standard InChI is InChI=1S/C14H18N4O2S/c1-4-20-8-7-12-17-18-14(21-12)16-13(19)11-6-5-9(2)15-10(11)3/h5-6H,4,7-8H2,1-3H3,(H,16,18,19). The minimum Gasteiger partial charge on any atom is -0.381 e. The maximum absolute atomic E-state index is 12.2. The topological polar surface area (TPSA) is 77.0 Å². The number of rotatable bonds is 6. The van der Waals surface area contributed by atoms with Gasteiger partial charge in [0.1, 0.15) is 5.01 Å². The minimum atomic E-state index is -0.215. The van der Waals surface area contributed by atoms with Crippen LogP contribution in [-0.4, -0.2) is 34.3 Å². The second kappa shape index (κ2) is 7.24. The Balaban J connectivity index is 1.99. The van der Waals surface area contributed by atoms with Crippen LogP contribution in [0.1, 0.15) is 33.7 Å². The van der Waals surface area contributed by atoms with Gasteiger partial charge >= 0.3 is 0 Å².